The first-order chi connectivity index (χ1) is 7.56. The summed E-state index contributed by atoms with van der Waals surface area (Å²) in [5, 5.41) is 2.70. The Morgan fingerprint density at radius 2 is 2.19 bits per heavy atom. The molecule has 1 heterocycles. The van der Waals surface area contributed by atoms with E-state index in [9.17, 15) is 9.18 Å². The van der Waals surface area contributed by atoms with Gasteiger partial charge < -0.3 is 5.73 Å². The van der Waals surface area contributed by atoms with Crippen molar-refractivity contribution in [3.05, 3.63) is 51.0 Å². The number of nitrogen functional groups attached to an aromatic ring is 1. The van der Waals surface area contributed by atoms with Crippen LogP contribution in [0.2, 0.25) is 5.02 Å². The fraction of sp³-hybridized carbons (Fsp3) is 0.100. The molecule has 3 N–H and O–H groups in total. The molecule has 4 nitrogen and oxygen atoms in total. The van der Waals surface area contributed by atoms with Crippen LogP contribution in [0.1, 0.15) is 5.56 Å². The van der Waals surface area contributed by atoms with Gasteiger partial charge in [0.25, 0.3) is 5.56 Å². The van der Waals surface area contributed by atoms with Gasteiger partial charge in [0, 0.05) is 6.07 Å². The number of rotatable bonds is 2. The van der Waals surface area contributed by atoms with Gasteiger partial charge in [-0.2, -0.15) is 0 Å². The van der Waals surface area contributed by atoms with Crippen LogP contribution in [0, 0.1) is 5.82 Å². The molecule has 0 saturated heterocycles. The van der Waals surface area contributed by atoms with Crippen molar-refractivity contribution in [2.75, 3.05) is 5.73 Å². The number of hydrogen-bond donors (Lipinski definition) is 2. The Labute approximate surface area is 95.4 Å². The summed E-state index contributed by atoms with van der Waals surface area (Å²) >= 11 is 5.63. The van der Waals surface area contributed by atoms with E-state index in [0.717, 1.165) is 5.56 Å². The molecule has 2 rings (SSSR count). The molecule has 0 unspecified atom stereocenters. The third-order valence-electron chi connectivity index (χ3n) is 2.13. The Kier molecular flexibility index (Phi) is 2.70. The number of aromatic amines is 1. The van der Waals surface area contributed by atoms with Crippen molar-refractivity contribution in [3.8, 4) is 0 Å². The molecule has 0 aliphatic carbocycles. The van der Waals surface area contributed by atoms with Crippen molar-refractivity contribution in [2.24, 2.45) is 0 Å². The second-order valence-corrected chi connectivity index (χ2v) is 3.79. The Hall–Kier alpha value is -1.75. The lowest BCUT2D eigenvalue weighted by Gasteiger charge is -2.03. The molecule has 1 aromatic carbocycles. The summed E-state index contributed by atoms with van der Waals surface area (Å²) in [6.45, 7) is 0.274. The maximum atomic E-state index is 12.9. The molecule has 84 valence electrons. The fourth-order valence-electron chi connectivity index (χ4n) is 1.39. The molecule has 0 radical (unpaired) electrons. The molecule has 16 heavy (non-hydrogen) atoms. The minimum Gasteiger partial charge on any atom is -0.384 e. The summed E-state index contributed by atoms with van der Waals surface area (Å²) in [5.74, 6) is -0.193. The van der Waals surface area contributed by atoms with Gasteiger partial charge in [0.05, 0.1) is 11.6 Å². The molecule has 0 aliphatic heterocycles. The van der Waals surface area contributed by atoms with E-state index in [1.54, 1.807) is 6.07 Å². The number of halogens is 2. The lowest BCUT2D eigenvalue weighted by Crippen LogP contribution is -2.16. The SMILES string of the molecule is Nc1cc(=O)n(Cc2ccc(F)c(Cl)c2)[nH]1. The van der Waals surface area contributed by atoms with Gasteiger partial charge in [-0.1, -0.05) is 17.7 Å². The molecule has 0 atom stereocenters. The smallest absolute Gasteiger partial charge is 0.268 e. The average molecular weight is 242 g/mol. The normalized spacial score (nSPS) is 10.6. The van der Waals surface area contributed by atoms with Crippen LogP contribution in [0.5, 0.6) is 0 Å². The summed E-state index contributed by atoms with van der Waals surface area (Å²) in [5.41, 5.74) is 5.90. The van der Waals surface area contributed by atoms with Crippen LogP contribution in [-0.4, -0.2) is 9.78 Å². The van der Waals surface area contributed by atoms with Crippen molar-refractivity contribution in [1.82, 2.24) is 9.78 Å². The van der Waals surface area contributed by atoms with Gasteiger partial charge in [0.2, 0.25) is 0 Å². The van der Waals surface area contributed by atoms with Crippen molar-refractivity contribution in [2.45, 2.75) is 6.54 Å². The van der Waals surface area contributed by atoms with Gasteiger partial charge in [-0.3, -0.25) is 9.89 Å². The number of nitrogens with one attached hydrogen (secondary N) is 1. The zero-order valence-electron chi connectivity index (χ0n) is 8.21. The number of benzene rings is 1. The largest absolute Gasteiger partial charge is 0.384 e. The lowest BCUT2D eigenvalue weighted by molar-refractivity contribution is 0.623. The first kappa shape index (κ1) is 10.8. The van der Waals surface area contributed by atoms with E-state index in [0.29, 0.717) is 5.82 Å². The van der Waals surface area contributed by atoms with Crippen LogP contribution in [0.25, 0.3) is 0 Å². The Bertz CT molecular complexity index is 576. The predicted molar refractivity (Wildman–Crippen MR) is 60.0 cm³/mol. The minimum atomic E-state index is -0.483. The summed E-state index contributed by atoms with van der Waals surface area (Å²) in [6, 6.07) is 5.57. The lowest BCUT2D eigenvalue weighted by atomic mass is 10.2. The zero-order valence-corrected chi connectivity index (χ0v) is 8.96. The Morgan fingerprint density at radius 1 is 1.44 bits per heavy atom. The Morgan fingerprint density at radius 3 is 2.75 bits per heavy atom. The predicted octanol–water partition coefficient (Wildman–Crippen LogP) is 1.60. The maximum Gasteiger partial charge on any atom is 0.268 e. The molecule has 0 spiro atoms. The van der Waals surface area contributed by atoms with Crippen molar-refractivity contribution >= 4 is 17.4 Å². The van der Waals surface area contributed by atoms with Crippen molar-refractivity contribution in [3.63, 3.8) is 0 Å². The highest BCUT2D eigenvalue weighted by Crippen LogP contribution is 2.16. The fourth-order valence-corrected chi connectivity index (χ4v) is 1.60. The van der Waals surface area contributed by atoms with E-state index in [2.05, 4.69) is 5.10 Å². The monoisotopic (exact) mass is 241 g/mol. The van der Waals surface area contributed by atoms with E-state index in [-0.39, 0.29) is 17.1 Å². The maximum absolute atomic E-state index is 12.9. The molecule has 6 heteroatoms. The molecule has 2 aromatic rings. The van der Waals surface area contributed by atoms with Gasteiger partial charge >= 0.3 is 0 Å². The third kappa shape index (κ3) is 2.09. The van der Waals surface area contributed by atoms with Gasteiger partial charge in [-0.15, -0.1) is 0 Å². The van der Waals surface area contributed by atoms with Gasteiger partial charge in [-0.05, 0) is 17.7 Å². The molecular formula is C10H9ClFN3O. The molecule has 0 fully saturated rings. The first-order valence-corrected chi connectivity index (χ1v) is 4.93. The van der Waals surface area contributed by atoms with E-state index in [4.69, 9.17) is 17.3 Å². The number of nitrogens with zero attached hydrogens (tertiary/aromatic N) is 1. The van der Waals surface area contributed by atoms with Crippen molar-refractivity contribution in [1.29, 1.82) is 0 Å². The van der Waals surface area contributed by atoms with E-state index >= 15 is 0 Å². The molecule has 1 aromatic heterocycles. The topological polar surface area (TPSA) is 63.8 Å². The quantitative estimate of drug-likeness (QED) is 0.839. The standard InChI is InChI=1S/C10H9ClFN3O/c11-7-3-6(1-2-8(7)12)5-15-10(16)4-9(13)14-15/h1-4,14H,5,13H2. The van der Waals surface area contributed by atoms with E-state index in [1.165, 1.54) is 22.9 Å². The second kappa shape index (κ2) is 4.02. The number of anilines is 1. The highest BCUT2D eigenvalue weighted by Gasteiger charge is 2.04. The number of hydrogen-bond acceptors (Lipinski definition) is 2. The summed E-state index contributed by atoms with van der Waals surface area (Å²) in [4.78, 5) is 11.3. The van der Waals surface area contributed by atoms with Crippen LogP contribution >= 0.6 is 11.6 Å². The van der Waals surface area contributed by atoms with Crippen molar-refractivity contribution < 1.29 is 4.39 Å². The molecule has 0 bridgehead atoms. The highest BCUT2D eigenvalue weighted by molar-refractivity contribution is 6.30. The third-order valence-corrected chi connectivity index (χ3v) is 2.42. The number of aromatic nitrogens is 2. The van der Waals surface area contributed by atoms with Crippen LogP contribution in [0.3, 0.4) is 0 Å². The average Bonchev–Trinajstić information content (AvgIpc) is 2.51. The van der Waals surface area contributed by atoms with Crippen LogP contribution in [-0.2, 0) is 6.54 Å². The van der Waals surface area contributed by atoms with Crippen LogP contribution in [0.4, 0.5) is 10.2 Å². The first-order valence-electron chi connectivity index (χ1n) is 4.55. The van der Waals surface area contributed by atoms with Gasteiger partial charge in [0.1, 0.15) is 11.6 Å². The minimum absolute atomic E-state index is 0.0325. The molecule has 0 amide bonds. The van der Waals surface area contributed by atoms with Gasteiger partial charge in [0.15, 0.2) is 0 Å². The number of nitrogens with two attached hydrogens (primary N) is 1. The zero-order chi connectivity index (χ0) is 11.7. The summed E-state index contributed by atoms with van der Waals surface area (Å²) < 4.78 is 14.2. The van der Waals surface area contributed by atoms with Crippen LogP contribution in [0.15, 0.2) is 29.1 Å². The molecule has 0 saturated carbocycles. The summed E-state index contributed by atoms with van der Waals surface area (Å²) in [7, 11) is 0. The summed E-state index contributed by atoms with van der Waals surface area (Å²) in [6.07, 6.45) is 0. The molecular weight excluding hydrogens is 233 g/mol. The van der Waals surface area contributed by atoms with Crippen LogP contribution < -0.4 is 11.3 Å². The number of H-pyrrole nitrogens is 1. The second-order valence-electron chi connectivity index (χ2n) is 3.38. The van der Waals surface area contributed by atoms with E-state index < -0.39 is 5.82 Å². The van der Waals surface area contributed by atoms with Gasteiger partial charge in [-0.25, -0.2) is 9.07 Å². The Balaban J connectivity index is 2.30. The van der Waals surface area contributed by atoms with E-state index in [1.807, 2.05) is 0 Å². The highest BCUT2D eigenvalue weighted by atomic mass is 35.5. The molecule has 0 aliphatic rings.